The summed E-state index contributed by atoms with van der Waals surface area (Å²) in [5.74, 6) is 0.518. The van der Waals surface area contributed by atoms with Gasteiger partial charge in [0, 0.05) is 38.8 Å². The summed E-state index contributed by atoms with van der Waals surface area (Å²) in [6.07, 6.45) is 2.00. The summed E-state index contributed by atoms with van der Waals surface area (Å²) < 4.78 is 27.1. The first-order valence-electron chi connectivity index (χ1n) is 7.88. The zero-order valence-electron chi connectivity index (χ0n) is 13.5. The highest BCUT2D eigenvalue weighted by Gasteiger charge is 2.45. The van der Waals surface area contributed by atoms with Gasteiger partial charge in [0.2, 0.25) is 10.0 Å². The molecule has 7 heteroatoms. The van der Waals surface area contributed by atoms with Crippen LogP contribution in [0.15, 0.2) is 29.2 Å². The number of hydrogen-bond donors (Lipinski definition) is 1. The van der Waals surface area contributed by atoms with E-state index in [1.54, 1.807) is 30.5 Å². The SMILES string of the molecule is CN(C)C(=O)c1ccc(S(=O)(=O)N2CC3CCC(N)C3C2)cc1. The molecule has 1 aromatic carbocycles. The average Bonchev–Trinajstić information content (AvgIpc) is 3.09. The van der Waals surface area contributed by atoms with Gasteiger partial charge in [-0.1, -0.05) is 0 Å². The van der Waals surface area contributed by atoms with E-state index in [1.165, 1.54) is 17.0 Å². The highest BCUT2D eigenvalue weighted by Crippen LogP contribution is 2.39. The Hall–Kier alpha value is -1.44. The van der Waals surface area contributed by atoms with Crippen molar-refractivity contribution in [2.75, 3.05) is 27.2 Å². The lowest BCUT2D eigenvalue weighted by molar-refractivity contribution is 0.0827. The first kappa shape index (κ1) is 16.4. The van der Waals surface area contributed by atoms with E-state index in [0.29, 0.717) is 24.6 Å². The highest BCUT2D eigenvalue weighted by molar-refractivity contribution is 7.89. The molecule has 1 saturated carbocycles. The molecule has 3 atom stereocenters. The molecule has 126 valence electrons. The summed E-state index contributed by atoms with van der Waals surface area (Å²) in [5.41, 5.74) is 6.56. The Morgan fingerprint density at radius 3 is 2.39 bits per heavy atom. The first-order valence-corrected chi connectivity index (χ1v) is 9.32. The van der Waals surface area contributed by atoms with Gasteiger partial charge in [0.05, 0.1) is 4.90 Å². The summed E-state index contributed by atoms with van der Waals surface area (Å²) >= 11 is 0. The molecule has 0 radical (unpaired) electrons. The van der Waals surface area contributed by atoms with Crippen LogP contribution in [0.1, 0.15) is 23.2 Å². The smallest absolute Gasteiger partial charge is 0.253 e. The van der Waals surface area contributed by atoms with Crippen LogP contribution in [0.4, 0.5) is 0 Å². The van der Waals surface area contributed by atoms with Crippen LogP contribution in [0.2, 0.25) is 0 Å². The van der Waals surface area contributed by atoms with Crippen molar-refractivity contribution in [3.05, 3.63) is 29.8 Å². The van der Waals surface area contributed by atoms with Crippen molar-refractivity contribution in [3.63, 3.8) is 0 Å². The zero-order chi connectivity index (χ0) is 16.8. The molecule has 1 aliphatic carbocycles. The molecule has 1 amide bonds. The van der Waals surface area contributed by atoms with E-state index >= 15 is 0 Å². The van der Waals surface area contributed by atoms with E-state index in [4.69, 9.17) is 5.73 Å². The van der Waals surface area contributed by atoms with Crippen molar-refractivity contribution in [2.45, 2.75) is 23.8 Å². The number of nitrogens with zero attached hydrogens (tertiary/aromatic N) is 2. The zero-order valence-corrected chi connectivity index (χ0v) is 14.3. The van der Waals surface area contributed by atoms with E-state index in [1.807, 2.05) is 0 Å². The molecule has 1 aliphatic heterocycles. The molecule has 3 unspecified atom stereocenters. The van der Waals surface area contributed by atoms with Gasteiger partial charge >= 0.3 is 0 Å². The molecule has 2 N–H and O–H groups in total. The van der Waals surface area contributed by atoms with Gasteiger partial charge in [-0.05, 0) is 48.9 Å². The Morgan fingerprint density at radius 1 is 1.17 bits per heavy atom. The monoisotopic (exact) mass is 337 g/mol. The predicted octanol–water partition coefficient (Wildman–Crippen LogP) is 0.746. The molecule has 0 bridgehead atoms. The number of amides is 1. The van der Waals surface area contributed by atoms with Crippen LogP contribution in [0.3, 0.4) is 0 Å². The maximum Gasteiger partial charge on any atom is 0.253 e. The molecular formula is C16H23N3O3S. The lowest BCUT2D eigenvalue weighted by atomic mass is 9.98. The van der Waals surface area contributed by atoms with Crippen molar-refractivity contribution < 1.29 is 13.2 Å². The number of nitrogens with two attached hydrogens (primary N) is 1. The van der Waals surface area contributed by atoms with Crippen LogP contribution in [0, 0.1) is 11.8 Å². The molecule has 2 fully saturated rings. The van der Waals surface area contributed by atoms with Crippen molar-refractivity contribution in [2.24, 2.45) is 17.6 Å². The fourth-order valence-electron chi connectivity index (χ4n) is 3.64. The van der Waals surface area contributed by atoms with Crippen LogP contribution in [0.5, 0.6) is 0 Å². The fourth-order valence-corrected chi connectivity index (χ4v) is 5.17. The third kappa shape index (κ3) is 2.88. The second kappa shape index (κ2) is 5.89. The normalized spacial score (nSPS) is 27.9. The molecule has 6 nitrogen and oxygen atoms in total. The fraction of sp³-hybridized carbons (Fsp3) is 0.562. The maximum absolute atomic E-state index is 12.8. The molecule has 1 heterocycles. The van der Waals surface area contributed by atoms with Crippen molar-refractivity contribution in [1.29, 1.82) is 0 Å². The molecule has 2 aliphatic rings. The molecule has 1 saturated heterocycles. The van der Waals surface area contributed by atoms with Crippen LogP contribution in [-0.4, -0.2) is 56.8 Å². The largest absolute Gasteiger partial charge is 0.345 e. The number of sulfonamides is 1. The third-order valence-corrected chi connectivity index (χ3v) is 6.87. The van der Waals surface area contributed by atoms with E-state index in [0.717, 1.165) is 12.8 Å². The Balaban J connectivity index is 1.79. The van der Waals surface area contributed by atoms with E-state index in [-0.39, 0.29) is 22.8 Å². The Morgan fingerprint density at radius 2 is 1.83 bits per heavy atom. The number of rotatable bonds is 3. The molecule has 0 aromatic heterocycles. The molecule has 23 heavy (non-hydrogen) atoms. The van der Waals surface area contributed by atoms with Crippen LogP contribution >= 0.6 is 0 Å². The number of carbonyl (C=O) groups is 1. The molecule has 1 aromatic rings. The van der Waals surface area contributed by atoms with Gasteiger partial charge < -0.3 is 10.6 Å². The maximum atomic E-state index is 12.8. The van der Waals surface area contributed by atoms with Crippen LogP contribution in [0.25, 0.3) is 0 Å². The van der Waals surface area contributed by atoms with Gasteiger partial charge in [-0.2, -0.15) is 4.31 Å². The first-order chi connectivity index (χ1) is 10.8. The summed E-state index contributed by atoms with van der Waals surface area (Å²) in [6, 6.07) is 6.27. The summed E-state index contributed by atoms with van der Waals surface area (Å²) in [7, 11) is -0.182. The minimum atomic E-state index is -3.51. The van der Waals surface area contributed by atoms with Crippen molar-refractivity contribution >= 4 is 15.9 Å². The highest BCUT2D eigenvalue weighted by atomic mass is 32.2. The Kier molecular flexibility index (Phi) is 4.20. The minimum Gasteiger partial charge on any atom is -0.345 e. The van der Waals surface area contributed by atoms with E-state index in [2.05, 4.69) is 0 Å². The summed E-state index contributed by atoms with van der Waals surface area (Å²) in [5, 5.41) is 0. The lowest BCUT2D eigenvalue weighted by Crippen LogP contribution is -2.33. The van der Waals surface area contributed by atoms with Gasteiger partial charge in [0.15, 0.2) is 0 Å². The Labute approximate surface area is 137 Å². The van der Waals surface area contributed by atoms with Crippen LogP contribution in [-0.2, 0) is 10.0 Å². The lowest BCUT2D eigenvalue weighted by Gasteiger charge is -2.19. The summed E-state index contributed by atoms with van der Waals surface area (Å²) in [4.78, 5) is 13.6. The van der Waals surface area contributed by atoms with Gasteiger partial charge in [-0.3, -0.25) is 4.79 Å². The van der Waals surface area contributed by atoms with Gasteiger partial charge in [0.25, 0.3) is 5.91 Å². The summed E-state index contributed by atoms with van der Waals surface area (Å²) in [6.45, 7) is 1.06. The molecule has 0 spiro atoms. The van der Waals surface area contributed by atoms with Gasteiger partial charge in [0.1, 0.15) is 0 Å². The predicted molar refractivity (Wildman–Crippen MR) is 87.4 cm³/mol. The topological polar surface area (TPSA) is 83.7 Å². The minimum absolute atomic E-state index is 0.111. The second-order valence-corrected chi connectivity index (χ2v) is 8.65. The molecular weight excluding hydrogens is 314 g/mol. The van der Waals surface area contributed by atoms with Gasteiger partial charge in [-0.25, -0.2) is 8.42 Å². The standard InChI is InChI=1S/C16H23N3O3S/c1-18(2)16(20)11-3-6-13(7-4-11)23(21,22)19-9-12-5-8-15(17)14(12)10-19/h3-4,6-7,12,14-15H,5,8-10,17H2,1-2H3. The van der Waals surface area contributed by atoms with Crippen LogP contribution < -0.4 is 5.73 Å². The third-order valence-electron chi connectivity index (χ3n) is 5.02. The Bertz CT molecular complexity index is 700. The molecule has 3 rings (SSSR count). The van der Waals surface area contributed by atoms with E-state index < -0.39 is 10.0 Å². The number of fused-ring (bicyclic) bond motifs is 1. The van der Waals surface area contributed by atoms with Crippen molar-refractivity contribution in [1.82, 2.24) is 9.21 Å². The van der Waals surface area contributed by atoms with Crippen molar-refractivity contribution in [3.8, 4) is 0 Å². The average molecular weight is 337 g/mol. The van der Waals surface area contributed by atoms with Gasteiger partial charge in [-0.15, -0.1) is 0 Å². The van der Waals surface area contributed by atoms with E-state index in [9.17, 15) is 13.2 Å². The number of carbonyl (C=O) groups excluding carboxylic acids is 1. The number of hydrogen-bond acceptors (Lipinski definition) is 4. The second-order valence-electron chi connectivity index (χ2n) is 6.71. The number of benzene rings is 1. The quantitative estimate of drug-likeness (QED) is 0.882.